The molecule has 110 valence electrons. The SMILES string of the molecule is O=S(=O)(c1ccc(C2CCCCN2)cc1Br)C1COC1. The Balaban J connectivity index is 1.87. The first-order valence-corrected chi connectivity index (χ1v) is 9.27. The van der Waals surface area contributed by atoms with Crippen LogP contribution in [0.5, 0.6) is 0 Å². The summed E-state index contributed by atoms with van der Waals surface area (Å²) in [5, 5.41) is 3.08. The van der Waals surface area contributed by atoms with Gasteiger partial charge >= 0.3 is 0 Å². The second kappa shape index (κ2) is 5.75. The van der Waals surface area contributed by atoms with Crippen molar-refractivity contribution in [3.05, 3.63) is 28.2 Å². The number of hydrogen-bond donors (Lipinski definition) is 1. The lowest BCUT2D eigenvalue weighted by molar-refractivity contribution is 0.0416. The molecule has 20 heavy (non-hydrogen) atoms. The van der Waals surface area contributed by atoms with Crippen LogP contribution in [0.15, 0.2) is 27.6 Å². The summed E-state index contributed by atoms with van der Waals surface area (Å²) in [5.41, 5.74) is 1.15. The van der Waals surface area contributed by atoms with Gasteiger partial charge in [-0.15, -0.1) is 0 Å². The van der Waals surface area contributed by atoms with Gasteiger partial charge in [0.15, 0.2) is 9.84 Å². The van der Waals surface area contributed by atoms with Gasteiger partial charge in [-0.3, -0.25) is 0 Å². The Bertz CT molecular complexity index is 592. The molecule has 0 aromatic heterocycles. The Hall–Kier alpha value is -0.430. The zero-order valence-corrected chi connectivity index (χ0v) is 13.5. The summed E-state index contributed by atoms with van der Waals surface area (Å²) in [6.07, 6.45) is 3.54. The van der Waals surface area contributed by atoms with Crippen LogP contribution in [-0.2, 0) is 14.6 Å². The summed E-state index contributed by atoms with van der Waals surface area (Å²) in [5.74, 6) is 0. The standard InChI is InChI=1S/C14H18BrNO3S/c15-12-7-10(13-3-1-2-6-16-13)4-5-14(12)20(17,18)11-8-19-9-11/h4-5,7,11,13,16H,1-3,6,8-9H2. The lowest BCUT2D eigenvalue weighted by Crippen LogP contribution is -2.40. The number of sulfone groups is 1. The Morgan fingerprint density at radius 1 is 1.25 bits per heavy atom. The number of nitrogens with one attached hydrogen (secondary N) is 1. The van der Waals surface area contributed by atoms with E-state index in [1.807, 2.05) is 12.1 Å². The Labute approximate surface area is 127 Å². The summed E-state index contributed by atoms with van der Waals surface area (Å²) in [4.78, 5) is 0.380. The van der Waals surface area contributed by atoms with E-state index in [9.17, 15) is 8.42 Å². The lowest BCUT2D eigenvalue weighted by Gasteiger charge is -2.27. The fourth-order valence-electron chi connectivity index (χ4n) is 2.67. The van der Waals surface area contributed by atoms with Crippen LogP contribution >= 0.6 is 15.9 Å². The summed E-state index contributed by atoms with van der Waals surface area (Å²) < 4.78 is 30.5. The van der Waals surface area contributed by atoms with E-state index in [2.05, 4.69) is 21.2 Å². The monoisotopic (exact) mass is 359 g/mol. The van der Waals surface area contributed by atoms with Crippen molar-refractivity contribution in [2.45, 2.75) is 35.4 Å². The number of ether oxygens (including phenoxy) is 1. The minimum absolute atomic E-state index is 0.306. The highest BCUT2D eigenvalue weighted by Gasteiger charge is 2.35. The molecule has 2 aliphatic heterocycles. The molecule has 1 aromatic rings. The van der Waals surface area contributed by atoms with E-state index in [0.717, 1.165) is 18.5 Å². The molecule has 0 bridgehead atoms. The highest BCUT2D eigenvalue weighted by atomic mass is 79.9. The number of piperidine rings is 1. The molecule has 0 aliphatic carbocycles. The minimum Gasteiger partial charge on any atom is -0.379 e. The minimum atomic E-state index is -3.27. The van der Waals surface area contributed by atoms with Crippen LogP contribution in [0.3, 0.4) is 0 Å². The third-order valence-electron chi connectivity index (χ3n) is 4.02. The molecule has 0 radical (unpaired) electrons. The van der Waals surface area contributed by atoms with E-state index >= 15 is 0 Å². The molecule has 1 N–H and O–H groups in total. The van der Waals surface area contributed by atoms with Crippen molar-refractivity contribution in [1.29, 1.82) is 0 Å². The van der Waals surface area contributed by atoms with E-state index in [1.54, 1.807) is 6.07 Å². The van der Waals surface area contributed by atoms with Gasteiger partial charge in [0.25, 0.3) is 0 Å². The molecule has 1 aromatic carbocycles. The maximum absolute atomic E-state index is 12.4. The van der Waals surface area contributed by atoms with E-state index < -0.39 is 15.1 Å². The van der Waals surface area contributed by atoms with Gasteiger partial charge in [-0.25, -0.2) is 8.42 Å². The van der Waals surface area contributed by atoms with Crippen molar-refractivity contribution in [1.82, 2.24) is 5.32 Å². The number of rotatable bonds is 3. The summed E-state index contributed by atoms with van der Waals surface area (Å²) >= 11 is 3.42. The summed E-state index contributed by atoms with van der Waals surface area (Å²) in [7, 11) is -3.27. The molecule has 0 spiro atoms. The van der Waals surface area contributed by atoms with Crippen LogP contribution in [0.2, 0.25) is 0 Å². The first-order valence-electron chi connectivity index (χ1n) is 6.93. The zero-order valence-electron chi connectivity index (χ0n) is 11.1. The van der Waals surface area contributed by atoms with Crippen LogP contribution in [0.25, 0.3) is 0 Å². The molecule has 2 fully saturated rings. The fourth-order valence-corrected chi connectivity index (χ4v) is 5.25. The Morgan fingerprint density at radius 3 is 2.60 bits per heavy atom. The fraction of sp³-hybridized carbons (Fsp3) is 0.571. The molecule has 4 nitrogen and oxygen atoms in total. The Morgan fingerprint density at radius 2 is 2.05 bits per heavy atom. The van der Waals surface area contributed by atoms with Gasteiger partial charge < -0.3 is 10.1 Å². The van der Waals surface area contributed by atoms with Crippen LogP contribution < -0.4 is 5.32 Å². The topological polar surface area (TPSA) is 55.4 Å². The van der Waals surface area contributed by atoms with Gasteiger partial charge in [0.05, 0.1) is 18.1 Å². The van der Waals surface area contributed by atoms with Crippen LogP contribution in [-0.4, -0.2) is 33.4 Å². The zero-order chi connectivity index (χ0) is 14.2. The first kappa shape index (κ1) is 14.5. The maximum Gasteiger partial charge on any atom is 0.186 e. The molecule has 0 saturated carbocycles. The van der Waals surface area contributed by atoms with Crippen LogP contribution in [0.4, 0.5) is 0 Å². The lowest BCUT2D eigenvalue weighted by atomic mass is 9.98. The average Bonchev–Trinajstić information content (AvgIpc) is 2.36. The normalized spacial score (nSPS) is 24.4. The number of hydrogen-bond acceptors (Lipinski definition) is 4. The van der Waals surface area contributed by atoms with Gasteiger partial charge in [-0.2, -0.15) is 0 Å². The van der Waals surface area contributed by atoms with Crippen LogP contribution in [0, 0.1) is 0 Å². The molecule has 2 heterocycles. The molecule has 2 aliphatic rings. The van der Waals surface area contributed by atoms with Gasteiger partial charge in [0, 0.05) is 10.5 Å². The van der Waals surface area contributed by atoms with Gasteiger partial charge in [-0.05, 0) is 53.0 Å². The van der Waals surface area contributed by atoms with E-state index in [0.29, 0.717) is 28.6 Å². The largest absolute Gasteiger partial charge is 0.379 e. The third-order valence-corrected chi connectivity index (χ3v) is 7.06. The van der Waals surface area contributed by atoms with Gasteiger partial charge in [0.2, 0.25) is 0 Å². The summed E-state index contributed by atoms with van der Waals surface area (Å²) in [6, 6.07) is 5.93. The first-order chi connectivity index (χ1) is 9.59. The molecular weight excluding hydrogens is 342 g/mol. The third kappa shape index (κ3) is 2.66. The van der Waals surface area contributed by atoms with Crippen molar-refractivity contribution in [3.8, 4) is 0 Å². The Kier molecular flexibility index (Phi) is 4.17. The highest BCUT2D eigenvalue weighted by molar-refractivity contribution is 9.10. The average molecular weight is 360 g/mol. The molecule has 1 atom stereocenters. The molecule has 1 unspecified atom stereocenters. The number of halogens is 1. The molecule has 6 heteroatoms. The van der Waals surface area contributed by atoms with Crippen LogP contribution in [0.1, 0.15) is 30.9 Å². The van der Waals surface area contributed by atoms with E-state index in [1.165, 1.54) is 12.8 Å². The van der Waals surface area contributed by atoms with Crippen molar-refractivity contribution >= 4 is 25.8 Å². The number of benzene rings is 1. The molecule has 2 saturated heterocycles. The highest BCUT2D eigenvalue weighted by Crippen LogP contribution is 2.32. The molecule has 3 rings (SSSR count). The maximum atomic E-state index is 12.4. The van der Waals surface area contributed by atoms with E-state index in [-0.39, 0.29) is 0 Å². The molecular formula is C14H18BrNO3S. The predicted molar refractivity (Wildman–Crippen MR) is 80.5 cm³/mol. The molecule has 0 amide bonds. The second-order valence-electron chi connectivity index (χ2n) is 5.40. The predicted octanol–water partition coefficient (Wildman–Crippen LogP) is 2.44. The van der Waals surface area contributed by atoms with E-state index in [4.69, 9.17) is 4.74 Å². The van der Waals surface area contributed by atoms with Crippen molar-refractivity contribution < 1.29 is 13.2 Å². The van der Waals surface area contributed by atoms with Crippen molar-refractivity contribution in [2.24, 2.45) is 0 Å². The quantitative estimate of drug-likeness (QED) is 0.900. The second-order valence-corrected chi connectivity index (χ2v) is 8.45. The van der Waals surface area contributed by atoms with Crippen molar-refractivity contribution in [3.63, 3.8) is 0 Å². The smallest absolute Gasteiger partial charge is 0.186 e. The van der Waals surface area contributed by atoms with Gasteiger partial charge in [-0.1, -0.05) is 12.5 Å². The summed E-state index contributed by atoms with van der Waals surface area (Å²) in [6.45, 7) is 1.64. The van der Waals surface area contributed by atoms with Gasteiger partial charge in [0.1, 0.15) is 5.25 Å². The van der Waals surface area contributed by atoms with Crippen molar-refractivity contribution in [2.75, 3.05) is 19.8 Å².